The van der Waals surface area contributed by atoms with Crippen LogP contribution >= 0.6 is 0 Å². The fourth-order valence-corrected chi connectivity index (χ4v) is 12.3. The highest BCUT2D eigenvalue weighted by atomic mass is 16.5. The van der Waals surface area contributed by atoms with Gasteiger partial charge in [0, 0.05) is 11.5 Å². The van der Waals surface area contributed by atoms with Crippen LogP contribution in [0, 0.1) is 49.7 Å². The van der Waals surface area contributed by atoms with Crippen molar-refractivity contribution in [3.63, 3.8) is 0 Å². The number of carbonyl (C=O) groups is 2. The number of carboxylic acid groups (broad SMARTS) is 1. The molecule has 0 aromatic heterocycles. The number of carboxylic acids is 1. The number of esters is 1. The smallest absolute Gasteiger partial charge is 0.331 e. The molecule has 6 nitrogen and oxygen atoms in total. The highest BCUT2D eigenvalue weighted by Gasteiger charge is 2.72. The van der Waals surface area contributed by atoms with Crippen molar-refractivity contribution in [1.29, 1.82) is 0 Å². The Morgan fingerprint density at radius 1 is 0.848 bits per heavy atom. The molecule has 5 aliphatic carbocycles. The summed E-state index contributed by atoms with van der Waals surface area (Å²) >= 11 is 0. The Morgan fingerprint density at radius 3 is 2.24 bits per heavy atom. The summed E-state index contributed by atoms with van der Waals surface area (Å²) in [6.07, 6.45) is 14.6. The average Bonchev–Trinajstić information content (AvgIpc) is 2.97. The number of benzene rings is 1. The summed E-state index contributed by atoms with van der Waals surface area (Å²) in [5.41, 5.74) is 1.39. The molecule has 0 amide bonds. The molecule has 252 valence electrons. The van der Waals surface area contributed by atoms with E-state index in [1.54, 1.807) is 17.7 Å². The molecule has 5 aliphatic rings. The van der Waals surface area contributed by atoms with Crippen molar-refractivity contribution in [1.82, 2.24) is 0 Å². The van der Waals surface area contributed by atoms with E-state index in [4.69, 9.17) is 4.74 Å². The van der Waals surface area contributed by atoms with Crippen molar-refractivity contribution in [2.24, 2.45) is 49.7 Å². The minimum absolute atomic E-state index is 0.0183. The fraction of sp³-hybridized carbons (Fsp3) is 0.700. The van der Waals surface area contributed by atoms with Crippen LogP contribution in [-0.4, -0.2) is 33.4 Å². The van der Waals surface area contributed by atoms with Gasteiger partial charge in [-0.15, -0.1) is 0 Å². The third kappa shape index (κ3) is 4.47. The van der Waals surface area contributed by atoms with Crippen LogP contribution in [0.4, 0.5) is 0 Å². The number of phenols is 2. The van der Waals surface area contributed by atoms with Crippen LogP contribution in [-0.2, 0) is 14.3 Å². The lowest BCUT2D eigenvalue weighted by molar-refractivity contribution is -0.233. The first kappa shape index (κ1) is 33.2. The Labute approximate surface area is 275 Å². The first-order valence-corrected chi connectivity index (χ1v) is 17.6. The topological polar surface area (TPSA) is 104 Å². The quantitative estimate of drug-likeness (QED) is 0.132. The van der Waals surface area contributed by atoms with Gasteiger partial charge in [0.2, 0.25) is 0 Å². The number of phenolic OH excluding ortho intramolecular Hbond substituents is 2. The molecule has 6 heteroatoms. The number of carbonyl (C=O) groups excluding carboxylic acids is 1. The van der Waals surface area contributed by atoms with Crippen LogP contribution < -0.4 is 0 Å². The molecule has 2 unspecified atom stereocenters. The third-order valence-electron chi connectivity index (χ3n) is 15.4. The first-order chi connectivity index (χ1) is 21.3. The number of rotatable bonds is 4. The summed E-state index contributed by atoms with van der Waals surface area (Å²) in [5, 5.41) is 30.1. The summed E-state index contributed by atoms with van der Waals surface area (Å²) in [7, 11) is 0. The van der Waals surface area contributed by atoms with Crippen LogP contribution in [0.2, 0.25) is 0 Å². The lowest BCUT2D eigenvalue weighted by Gasteiger charge is -2.74. The zero-order chi connectivity index (χ0) is 33.7. The lowest BCUT2D eigenvalue weighted by Crippen LogP contribution is -2.68. The average molecular weight is 633 g/mol. The molecule has 8 atom stereocenters. The maximum atomic E-state index is 13.1. The van der Waals surface area contributed by atoms with Gasteiger partial charge in [-0.25, -0.2) is 4.79 Å². The molecule has 1 aromatic rings. The molecule has 46 heavy (non-hydrogen) atoms. The second-order valence-corrected chi connectivity index (χ2v) is 18.2. The van der Waals surface area contributed by atoms with Gasteiger partial charge in [0.25, 0.3) is 0 Å². The van der Waals surface area contributed by atoms with Gasteiger partial charge in [-0.05, 0) is 127 Å². The summed E-state index contributed by atoms with van der Waals surface area (Å²) in [6, 6.07) is 4.46. The maximum Gasteiger partial charge on any atom is 0.331 e. The van der Waals surface area contributed by atoms with Gasteiger partial charge >= 0.3 is 11.9 Å². The molecular weight excluding hydrogens is 576 g/mol. The van der Waals surface area contributed by atoms with Crippen molar-refractivity contribution in [2.75, 3.05) is 0 Å². The fourth-order valence-electron chi connectivity index (χ4n) is 12.3. The van der Waals surface area contributed by atoms with Crippen LogP contribution in [0.5, 0.6) is 11.5 Å². The molecule has 0 heterocycles. The van der Waals surface area contributed by atoms with Crippen LogP contribution in [0.3, 0.4) is 0 Å². The zero-order valence-electron chi connectivity index (χ0n) is 29.3. The van der Waals surface area contributed by atoms with Crippen molar-refractivity contribution >= 4 is 18.0 Å². The molecule has 0 spiro atoms. The van der Waals surface area contributed by atoms with Gasteiger partial charge < -0.3 is 20.1 Å². The SMILES string of the molecule is CC1(C)CC[C@]2(C(=O)O)CC=C3[C@]4(C)CCC5C(C)(C)[C@H](OC(=O)/C=C/c6ccc(O)c(O)c6)CC[C@]5(C)[C@@]4(C)CC[C@@]3(C)C2C1. The number of ether oxygens (including phenoxy) is 1. The summed E-state index contributed by atoms with van der Waals surface area (Å²) in [4.78, 5) is 26.1. The first-order valence-electron chi connectivity index (χ1n) is 17.6. The van der Waals surface area contributed by atoms with Gasteiger partial charge in [0.1, 0.15) is 6.10 Å². The second-order valence-electron chi connectivity index (χ2n) is 18.2. The standard InChI is InChI=1S/C40H56O6/c1-34(2)19-22-40(33(44)45)18-14-29-36(5,30(40)24-34)20-21-39(8)37(6)17-15-31(35(3,4)28(37)13-16-38(29,39)7)46-32(43)12-10-25-9-11-26(41)27(42)23-25/h9-12,14,23,28,30-31,41-42H,13,15-22,24H2,1-8H3,(H,44,45)/b12-10+/t28?,30?,31-,36-,37+,38+,39-,40-/m1/s1. The van der Waals surface area contributed by atoms with Crippen LogP contribution in [0.25, 0.3) is 6.08 Å². The van der Waals surface area contributed by atoms with E-state index in [0.717, 1.165) is 57.8 Å². The molecule has 3 N–H and O–H groups in total. The molecule has 0 radical (unpaired) electrons. The number of hydrogen-bond donors (Lipinski definition) is 3. The minimum atomic E-state index is -0.653. The van der Waals surface area contributed by atoms with Crippen molar-refractivity contribution in [3.05, 3.63) is 41.5 Å². The van der Waals surface area contributed by atoms with E-state index in [-0.39, 0.29) is 62.0 Å². The highest BCUT2D eigenvalue weighted by molar-refractivity contribution is 5.87. The van der Waals surface area contributed by atoms with E-state index in [0.29, 0.717) is 17.9 Å². The van der Waals surface area contributed by atoms with Crippen LogP contribution in [0.1, 0.15) is 125 Å². The molecule has 1 aromatic carbocycles. The Bertz CT molecular complexity index is 1500. The van der Waals surface area contributed by atoms with Gasteiger partial charge in [-0.1, -0.05) is 73.1 Å². The van der Waals surface area contributed by atoms with Crippen molar-refractivity contribution < 1.29 is 29.6 Å². The normalized spacial score (nSPS) is 42.5. The number of allylic oxidation sites excluding steroid dienone is 2. The van der Waals surface area contributed by atoms with Crippen molar-refractivity contribution in [2.45, 2.75) is 126 Å². The predicted molar refractivity (Wildman–Crippen MR) is 180 cm³/mol. The molecular formula is C40H56O6. The van der Waals surface area contributed by atoms with E-state index >= 15 is 0 Å². The summed E-state index contributed by atoms with van der Waals surface area (Å²) in [5.74, 6) is -0.876. The van der Waals surface area contributed by atoms with E-state index in [9.17, 15) is 24.9 Å². The van der Waals surface area contributed by atoms with Gasteiger partial charge in [-0.3, -0.25) is 4.79 Å². The number of fused-ring (bicyclic) bond motifs is 7. The predicted octanol–water partition coefficient (Wildman–Crippen LogP) is 9.30. The Hall–Kier alpha value is -2.76. The Kier molecular flexibility index (Phi) is 7.47. The van der Waals surface area contributed by atoms with E-state index in [2.05, 4.69) is 61.5 Å². The maximum absolute atomic E-state index is 13.1. The molecule has 4 saturated carbocycles. The van der Waals surface area contributed by atoms with E-state index in [1.807, 2.05) is 0 Å². The number of aromatic hydroxyl groups is 2. The number of hydrogen-bond acceptors (Lipinski definition) is 5. The molecule has 0 aliphatic heterocycles. The largest absolute Gasteiger partial charge is 0.504 e. The zero-order valence-corrected chi connectivity index (χ0v) is 29.3. The monoisotopic (exact) mass is 632 g/mol. The van der Waals surface area contributed by atoms with Gasteiger partial charge in [0.15, 0.2) is 11.5 Å². The molecule has 4 fully saturated rings. The highest BCUT2D eigenvalue weighted by Crippen LogP contribution is 2.79. The minimum Gasteiger partial charge on any atom is -0.504 e. The summed E-state index contributed by atoms with van der Waals surface area (Å²) in [6.45, 7) is 19.3. The molecule has 6 rings (SSSR count). The Morgan fingerprint density at radius 2 is 1.57 bits per heavy atom. The second kappa shape index (κ2) is 10.4. The molecule has 0 bridgehead atoms. The number of aliphatic carboxylic acids is 1. The van der Waals surface area contributed by atoms with Gasteiger partial charge in [-0.2, -0.15) is 0 Å². The summed E-state index contributed by atoms with van der Waals surface area (Å²) < 4.78 is 6.18. The third-order valence-corrected chi connectivity index (χ3v) is 15.4. The molecule has 0 saturated heterocycles. The lowest BCUT2D eigenvalue weighted by atomic mass is 9.30. The van der Waals surface area contributed by atoms with Crippen molar-refractivity contribution in [3.8, 4) is 11.5 Å². The van der Waals surface area contributed by atoms with E-state index in [1.165, 1.54) is 18.2 Å². The van der Waals surface area contributed by atoms with Gasteiger partial charge in [0.05, 0.1) is 5.41 Å². The Balaban J connectivity index is 1.28. The van der Waals surface area contributed by atoms with Crippen LogP contribution in [0.15, 0.2) is 35.9 Å². The van der Waals surface area contributed by atoms with E-state index < -0.39 is 11.4 Å².